The predicted molar refractivity (Wildman–Crippen MR) is 77.4 cm³/mol. The van der Waals surface area contributed by atoms with E-state index in [0.29, 0.717) is 17.5 Å². The van der Waals surface area contributed by atoms with Gasteiger partial charge in [0.1, 0.15) is 17.5 Å². The number of benzene rings is 2. The summed E-state index contributed by atoms with van der Waals surface area (Å²) in [4.78, 5) is 0. The van der Waals surface area contributed by atoms with E-state index in [2.05, 4.69) is 11.8 Å². The third-order valence-electron chi connectivity index (χ3n) is 3.08. The Hall–Kier alpha value is -2.21. The second-order valence-corrected chi connectivity index (χ2v) is 4.80. The molecule has 0 bridgehead atoms. The molecule has 0 N–H and O–H groups in total. The molecule has 0 heterocycles. The van der Waals surface area contributed by atoms with Gasteiger partial charge in [-0.1, -0.05) is 31.3 Å². The highest BCUT2D eigenvalue weighted by Gasteiger charge is 2.09. The van der Waals surface area contributed by atoms with E-state index >= 15 is 0 Å². The zero-order chi connectivity index (χ0) is 15.2. The number of unbranched alkanes of at least 4 members (excludes halogenated alkanes) is 1. The number of rotatable bonds is 3. The summed E-state index contributed by atoms with van der Waals surface area (Å²) in [6, 6.07) is 8.22. The van der Waals surface area contributed by atoms with Crippen molar-refractivity contribution in [3.8, 4) is 11.8 Å². The first-order valence-electron chi connectivity index (χ1n) is 6.85. The SMILES string of the molecule is CCCCc1cc(F)c(C#Cc2cccc(F)c2)c(F)c1. The Balaban J connectivity index is 2.29. The van der Waals surface area contributed by atoms with Gasteiger partial charge in [0, 0.05) is 5.56 Å². The molecule has 0 aromatic heterocycles. The average molecular weight is 288 g/mol. The van der Waals surface area contributed by atoms with Crippen LogP contribution in [-0.4, -0.2) is 0 Å². The largest absolute Gasteiger partial charge is 0.207 e. The van der Waals surface area contributed by atoms with E-state index in [1.165, 1.54) is 30.3 Å². The van der Waals surface area contributed by atoms with Crippen molar-refractivity contribution in [1.29, 1.82) is 0 Å². The molecule has 2 aromatic carbocycles. The van der Waals surface area contributed by atoms with Crippen LogP contribution < -0.4 is 0 Å². The second-order valence-electron chi connectivity index (χ2n) is 4.80. The zero-order valence-electron chi connectivity index (χ0n) is 11.7. The Bertz CT molecular complexity index is 670. The molecule has 0 fully saturated rings. The Morgan fingerprint density at radius 3 is 2.29 bits per heavy atom. The van der Waals surface area contributed by atoms with Crippen LogP contribution in [0, 0.1) is 29.3 Å². The number of halogens is 3. The lowest BCUT2D eigenvalue weighted by Crippen LogP contribution is -1.95. The monoisotopic (exact) mass is 288 g/mol. The summed E-state index contributed by atoms with van der Waals surface area (Å²) in [5.41, 5.74) is 0.728. The summed E-state index contributed by atoms with van der Waals surface area (Å²) in [5, 5.41) is 0. The molecule has 0 atom stereocenters. The maximum absolute atomic E-state index is 13.9. The molecule has 0 saturated heterocycles. The standard InChI is InChI=1S/C18H15F3/c1-2-3-5-14-11-17(20)16(18(21)12-14)9-8-13-6-4-7-15(19)10-13/h4,6-7,10-12H,2-3,5H2,1H3. The molecule has 0 amide bonds. The van der Waals surface area contributed by atoms with Gasteiger partial charge in [0.25, 0.3) is 0 Å². The zero-order valence-corrected chi connectivity index (χ0v) is 11.7. The topological polar surface area (TPSA) is 0 Å². The van der Waals surface area contributed by atoms with E-state index in [1.54, 1.807) is 6.07 Å². The second kappa shape index (κ2) is 6.99. The highest BCUT2D eigenvalue weighted by Crippen LogP contribution is 2.16. The summed E-state index contributed by atoms with van der Waals surface area (Å²) >= 11 is 0. The average Bonchev–Trinajstić information content (AvgIpc) is 2.44. The van der Waals surface area contributed by atoms with E-state index in [0.717, 1.165) is 12.8 Å². The van der Waals surface area contributed by atoms with Crippen molar-refractivity contribution in [3.05, 3.63) is 70.5 Å². The number of hydrogen-bond acceptors (Lipinski definition) is 0. The van der Waals surface area contributed by atoms with Crippen molar-refractivity contribution in [2.24, 2.45) is 0 Å². The minimum atomic E-state index is -0.676. The molecule has 0 nitrogen and oxygen atoms in total. The van der Waals surface area contributed by atoms with Gasteiger partial charge in [0.15, 0.2) is 0 Å². The van der Waals surface area contributed by atoms with Crippen molar-refractivity contribution >= 4 is 0 Å². The van der Waals surface area contributed by atoms with Crippen LogP contribution in [0.4, 0.5) is 13.2 Å². The lowest BCUT2D eigenvalue weighted by molar-refractivity contribution is 0.572. The Labute approximate surface area is 122 Å². The quantitative estimate of drug-likeness (QED) is 0.708. The lowest BCUT2D eigenvalue weighted by atomic mass is 10.0. The molecule has 3 heteroatoms. The first-order valence-corrected chi connectivity index (χ1v) is 6.85. The van der Waals surface area contributed by atoms with Crippen LogP contribution in [0.2, 0.25) is 0 Å². The summed E-state index contributed by atoms with van der Waals surface area (Å²) in [6.07, 6.45) is 2.49. The fraction of sp³-hybridized carbons (Fsp3) is 0.222. The molecule has 0 aliphatic carbocycles. The van der Waals surface area contributed by atoms with Gasteiger partial charge in [-0.15, -0.1) is 0 Å². The van der Waals surface area contributed by atoms with Crippen molar-refractivity contribution in [2.75, 3.05) is 0 Å². The number of hydrogen-bond donors (Lipinski definition) is 0. The highest BCUT2D eigenvalue weighted by molar-refractivity contribution is 5.45. The van der Waals surface area contributed by atoms with Gasteiger partial charge in [-0.3, -0.25) is 0 Å². The maximum atomic E-state index is 13.9. The van der Waals surface area contributed by atoms with Crippen LogP contribution in [-0.2, 0) is 6.42 Å². The minimum absolute atomic E-state index is 0.278. The fourth-order valence-electron chi connectivity index (χ4n) is 1.97. The van der Waals surface area contributed by atoms with Gasteiger partial charge < -0.3 is 0 Å². The number of aryl methyl sites for hydroxylation is 1. The molecule has 0 saturated carbocycles. The molecule has 0 aliphatic rings. The van der Waals surface area contributed by atoms with E-state index in [1.807, 2.05) is 6.92 Å². The Morgan fingerprint density at radius 2 is 1.67 bits per heavy atom. The molecule has 108 valence electrons. The van der Waals surface area contributed by atoms with Crippen LogP contribution in [0.25, 0.3) is 0 Å². The van der Waals surface area contributed by atoms with Gasteiger partial charge in [-0.05, 0) is 48.7 Å². The minimum Gasteiger partial charge on any atom is -0.207 e. The summed E-state index contributed by atoms with van der Waals surface area (Å²) in [6.45, 7) is 2.02. The molecule has 0 unspecified atom stereocenters. The summed E-state index contributed by atoms with van der Waals surface area (Å²) in [5.74, 6) is 3.23. The molecule has 0 radical (unpaired) electrons. The van der Waals surface area contributed by atoms with Crippen LogP contribution in [0.5, 0.6) is 0 Å². The van der Waals surface area contributed by atoms with Crippen LogP contribution in [0.15, 0.2) is 36.4 Å². The lowest BCUT2D eigenvalue weighted by Gasteiger charge is -2.03. The van der Waals surface area contributed by atoms with Gasteiger partial charge in [0.05, 0.1) is 5.56 Å². The predicted octanol–water partition coefficient (Wildman–Crippen LogP) is 4.85. The molecular formula is C18H15F3. The smallest absolute Gasteiger partial charge is 0.142 e. The third-order valence-corrected chi connectivity index (χ3v) is 3.08. The maximum Gasteiger partial charge on any atom is 0.142 e. The fourth-order valence-corrected chi connectivity index (χ4v) is 1.97. The first kappa shape index (κ1) is 15.2. The molecular weight excluding hydrogens is 273 g/mol. The van der Waals surface area contributed by atoms with E-state index < -0.39 is 17.5 Å². The normalized spacial score (nSPS) is 10.1. The molecule has 2 rings (SSSR count). The van der Waals surface area contributed by atoms with Crippen molar-refractivity contribution in [3.63, 3.8) is 0 Å². The molecule has 2 aromatic rings. The molecule has 0 aliphatic heterocycles. The van der Waals surface area contributed by atoms with E-state index in [-0.39, 0.29) is 5.56 Å². The third kappa shape index (κ3) is 4.13. The first-order chi connectivity index (χ1) is 10.1. The van der Waals surface area contributed by atoms with Crippen LogP contribution in [0.3, 0.4) is 0 Å². The van der Waals surface area contributed by atoms with Gasteiger partial charge in [0.2, 0.25) is 0 Å². The van der Waals surface area contributed by atoms with E-state index in [9.17, 15) is 13.2 Å². The van der Waals surface area contributed by atoms with Gasteiger partial charge in [-0.25, -0.2) is 13.2 Å². The van der Waals surface area contributed by atoms with Gasteiger partial charge >= 0.3 is 0 Å². The summed E-state index contributed by atoms with van der Waals surface area (Å²) in [7, 11) is 0. The molecule has 21 heavy (non-hydrogen) atoms. The Morgan fingerprint density at radius 1 is 0.952 bits per heavy atom. The van der Waals surface area contributed by atoms with E-state index in [4.69, 9.17) is 0 Å². The highest BCUT2D eigenvalue weighted by atomic mass is 19.1. The van der Waals surface area contributed by atoms with Crippen molar-refractivity contribution in [1.82, 2.24) is 0 Å². The molecule has 0 spiro atoms. The van der Waals surface area contributed by atoms with Crippen molar-refractivity contribution in [2.45, 2.75) is 26.2 Å². The Kier molecular flexibility index (Phi) is 5.05. The summed E-state index contributed by atoms with van der Waals surface area (Å²) < 4.78 is 40.8. The van der Waals surface area contributed by atoms with Crippen molar-refractivity contribution < 1.29 is 13.2 Å². The van der Waals surface area contributed by atoms with Crippen LogP contribution >= 0.6 is 0 Å². The van der Waals surface area contributed by atoms with Crippen LogP contribution in [0.1, 0.15) is 36.5 Å². The van der Waals surface area contributed by atoms with Gasteiger partial charge in [-0.2, -0.15) is 0 Å².